The van der Waals surface area contributed by atoms with E-state index in [1.54, 1.807) is 37.2 Å². The van der Waals surface area contributed by atoms with E-state index in [1.165, 1.54) is 18.4 Å². The molecule has 0 aliphatic carbocycles. The van der Waals surface area contributed by atoms with Gasteiger partial charge in [0.15, 0.2) is 0 Å². The van der Waals surface area contributed by atoms with E-state index in [1.807, 2.05) is 109 Å². The van der Waals surface area contributed by atoms with Crippen LogP contribution in [0.25, 0.3) is 0 Å². The van der Waals surface area contributed by atoms with Gasteiger partial charge >= 0.3 is 0 Å². The van der Waals surface area contributed by atoms with E-state index in [-0.39, 0.29) is 0 Å². The van der Waals surface area contributed by atoms with Crippen LogP contribution in [-0.2, 0) is 0 Å². The largest absolute Gasteiger partial charge is 0.265 e. The number of aromatic nitrogens is 4. The maximum absolute atomic E-state index is 3.96. The molecule has 0 spiro atoms. The third-order valence-corrected chi connectivity index (χ3v) is 3.59. The Morgan fingerprint density at radius 2 is 0.703 bits per heavy atom. The van der Waals surface area contributed by atoms with Crippen LogP contribution in [0.2, 0.25) is 0 Å². The lowest BCUT2D eigenvalue weighted by molar-refractivity contribution is 0.732. The second-order valence-electron chi connectivity index (χ2n) is 6.37. The van der Waals surface area contributed by atoms with Gasteiger partial charge in [-0.05, 0) is 66.4 Å². The minimum absolute atomic E-state index is 0.669. The van der Waals surface area contributed by atoms with Gasteiger partial charge in [0, 0.05) is 49.6 Å². The Kier molecular flexibility index (Phi) is 47.1. The SMILES string of the molecule is CC.CC.CC.CCC.CCC(C)c1ccncc1.c1ccncc1.c1ccncc1.c1ccncc1. The van der Waals surface area contributed by atoms with Crippen LogP contribution in [0.3, 0.4) is 0 Å². The first-order valence-corrected chi connectivity index (χ1v) is 13.7. The Morgan fingerprint density at radius 1 is 0.459 bits per heavy atom. The Hall–Kier alpha value is -3.40. The third kappa shape index (κ3) is 37.3. The van der Waals surface area contributed by atoms with E-state index in [2.05, 4.69) is 59.8 Å². The number of rotatable bonds is 2. The van der Waals surface area contributed by atoms with Gasteiger partial charge in [0.25, 0.3) is 0 Å². The third-order valence-electron chi connectivity index (χ3n) is 3.59. The molecule has 4 nitrogen and oxygen atoms in total. The molecule has 1 atom stereocenters. The molecule has 4 aromatic heterocycles. The summed E-state index contributed by atoms with van der Waals surface area (Å²) >= 11 is 0. The van der Waals surface area contributed by atoms with Crippen LogP contribution in [0.1, 0.15) is 93.6 Å². The Balaban J connectivity index is -0.000000181. The van der Waals surface area contributed by atoms with Gasteiger partial charge in [-0.2, -0.15) is 0 Å². The minimum Gasteiger partial charge on any atom is -0.265 e. The zero-order chi connectivity index (χ0) is 28.8. The number of pyridine rings is 4. The van der Waals surface area contributed by atoms with Gasteiger partial charge < -0.3 is 0 Å². The number of nitrogens with zero attached hydrogens (tertiary/aromatic N) is 4. The van der Waals surface area contributed by atoms with Crippen molar-refractivity contribution in [3.8, 4) is 0 Å². The molecule has 0 bridgehead atoms. The molecular weight excluding hydrogens is 452 g/mol. The van der Waals surface area contributed by atoms with Crippen LogP contribution in [0.5, 0.6) is 0 Å². The van der Waals surface area contributed by atoms with Crippen molar-refractivity contribution in [1.82, 2.24) is 19.9 Å². The van der Waals surface area contributed by atoms with Crippen molar-refractivity contribution < 1.29 is 0 Å². The van der Waals surface area contributed by atoms with Crippen LogP contribution in [0.15, 0.2) is 116 Å². The predicted molar refractivity (Wildman–Crippen MR) is 166 cm³/mol. The fraction of sp³-hybridized carbons (Fsp3) is 0.394. The normalized spacial score (nSPS) is 8.38. The average molecular weight is 507 g/mol. The zero-order valence-electron chi connectivity index (χ0n) is 25.3. The standard InChI is InChI=1S/C9H13N.3C5H5N.C3H8.3C2H6/c1-3-8(2)9-4-6-10-7-5-9;3*1-2-4-6-5-3-1;1-3-2;3*1-2/h4-8H,3H2,1-2H3;3*1-5H;3H2,1-2H3;3*1-2H3. The zero-order valence-corrected chi connectivity index (χ0v) is 25.3. The topological polar surface area (TPSA) is 51.6 Å². The van der Waals surface area contributed by atoms with Gasteiger partial charge in [-0.15, -0.1) is 0 Å². The van der Waals surface area contributed by atoms with Crippen molar-refractivity contribution in [3.63, 3.8) is 0 Å². The average Bonchev–Trinajstić information content (AvgIpc) is 3.04. The first-order chi connectivity index (χ1) is 18.3. The molecule has 1 unspecified atom stereocenters. The van der Waals surface area contributed by atoms with Crippen LogP contribution >= 0.6 is 0 Å². The van der Waals surface area contributed by atoms with E-state index < -0.39 is 0 Å². The van der Waals surface area contributed by atoms with Gasteiger partial charge in [-0.3, -0.25) is 19.9 Å². The molecule has 0 fully saturated rings. The molecule has 0 radical (unpaired) electrons. The minimum atomic E-state index is 0.669. The van der Waals surface area contributed by atoms with Gasteiger partial charge in [0.1, 0.15) is 0 Å². The van der Waals surface area contributed by atoms with Gasteiger partial charge in [-0.25, -0.2) is 0 Å². The molecule has 206 valence electrons. The van der Waals surface area contributed by atoms with Crippen LogP contribution in [0, 0.1) is 0 Å². The van der Waals surface area contributed by atoms with Crippen molar-refractivity contribution in [2.45, 2.75) is 88.0 Å². The van der Waals surface area contributed by atoms with Gasteiger partial charge in [0.2, 0.25) is 0 Å². The summed E-state index contributed by atoms with van der Waals surface area (Å²) in [6.07, 6.45) is 16.6. The van der Waals surface area contributed by atoms with E-state index in [0.717, 1.165) is 0 Å². The highest BCUT2D eigenvalue weighted by molar-refractivity contribution is 5.14. The summed E-state index contributed by atoms with van der Waals surface area (Å²) in [5.41, 5.74) is 1.39. The van der Waals surface area contributed by atoms with E-state index >= 15 is 0 Å². The monoisotopic (exact) mass is 506 g/mol. The maximum Gasteiger partial charge on any atom is 0.0270 e. The maximum atomic E-state index is 3.96. The summed E-state index contributed by atoms with van der Waals surface area (Å²) < 4.78 is 0. The Labute approximate surface area is 229 Å². The Morgan fingerprint density at radius 3 is 0.865 bits per heavy atom. The molecule has 0 saturated heterocycles. The quantitative estimate of drug-likeness (QED) is 0.271. The molecule has 0 aromatic carbocycles. The van der Waals surface area contributed by atoms with Crippen molar-refractivity contribution in [1.29, 1.82) is 0 Å². The molecule has 0 saturated carbocycles. The molecule has 4 heterocycles. The van der Waals surface area contributed by atoms with Crippen LogP contribution < -0.4 is 0 Å². The highest BCUT2D eigenvalue weighted by Gasteiger charge is 1.99. The van der Waals surface area contributed by atoms with Crippen molar-refractivity contribution >= 4 is 0 Å². The fourth-order valence-electron chi connectivity index (χ4n) is 1.87. The summed E-state index contributed by atoms with van der Waals surface area (Å²) in [5, 5.41) is 0. The molecule has 4 rings (SSSR count). The predicted octanol–water partition coefficient (Wildman–Crippen LogP) is 10.3. The molecule has 0 amide bonds. The van der Waals surface area contributed by atoms with Gasteiger partial charge in [0.05, 0.1) is 0 Å². The highest BCUT2D eigenvalue weighted by atomic mass is 14.6. The summed E-state index contributed by atoms with van der Waals surface area (Å²) in [7, 11) is 0. The molecule has 4 aromatic rings. The first-order valence-electron chi connectivity index (χ1n) is 13.7. The molecule has 0 N–H and O–H groups in total. The second kappa shape index (κ2) is 42.7. The van der Waals surface area contributed by atoms with Gasteiger partial charge in [-0.1, -0.05) is 93.9 Å². The lowest BCUT2D eigenvalue weighted by Crippen LogP contribution is -1.89. The smallest absolute Gasteiger partial charge is 0.0270 e. The number of hydrogen-bond donors (Lipinski definition) is 0. The lowest BCUT2D eigenvalue weighted by Gasteiger charge is -2.06. The highest BCUT2D eigenvalue weighted by Crippen LogP contribution is 2.16. The molecule has 4 heteroatoms. The molecule has 0 aliphatic rings. The molecular formula is C33H54N4. The Bertz CT molecular complexity index is 628. The summed E-state index contributed by atoms with van der Waals surface area (Å²) in [5.74, 6) is 0.669. The van der Waals surface area contributed by atoms with Crippen LogP contribution in [0.4, 0.5) is 0 Å². The second-order valence-corrected chi connectivity index (χ2v) is 6.37. The van der Waals surface area contributed by atoms with E-state index in [4.69, 9.17) is 0 Å². The van der Waals surface area contributed by atoms with E-state index in [0.29, 0.717) is 5.92 Å². The molecule has 37 heavy (non-hydrogen) atoms. The fourth-order valence-corrected chi connectivity index (χ4v) is 1.87. The van der Waals surface area contributed by atoms with E-state index in [9.17, 15) is 0 Å². The van der Waals surface area contributed by atoms with Crippen LogP contribution in [-0.4, -0.2) is 19.9 Å². The van der Waals surface area contributed by atoms with Crippen molar-refractivity contribution in [2.75, 3.05) is 0 Å². The van der Waals surface area contributed by atoms with Crippen molar-refractivity contribution in [2.24, 2.45) is 0 Å². The van der Waals surface area contributed by atoms with Crippen molar-refractivity contribution in [3.05, 3.63) is 122 Å². The lowest BCUT2D eigenvalue weighted by atomic mass is 10.0. The first kappa shape index (κ1) is 40.8. The summed E-state index contributed by atoms with van der Waals surface area (Å²) in [4.78, 5) is 15.3. The molecule has 0 aliphatic heterocycles. The number of hydrogen-bond acceptors (Lipinski definition) is 4. The summed E-state index contributed by atoms with van der Waals surface area (Å²) in [6, 6.07) is 21.3. The summed E-state index contributed by atoms with van der Waals surface area (Å²) in [6.45, 7) is 20.7.